The minimum absolute atomic E-state index is 0.0103. The second-order valence-electron chi connectivity index (χ2n) is 6.95. The number of ether oxygens (including phenoxy) is 3. The lowest BCUT2D eigenvalue weighted by Crippen LogP contribution is -2.17. The van der Waals surface area contributed by atoms with Crippen LogP contribution in [0.2, 0.25) is 0 Å². The van der Waals surface area contributed by atoms with Crippen molar-refractivity contribution in [2.24, 2.45) is 0 Å². The number of aliphatic hydroxyl groups is 1. The van der Waals surface area contributed by atoms with Gasteiger partial charge in [0.1, 0.15) is 24.1 Å². The molecule has 4 rings (SSSR count). The first-order valence-corrected chi connectivity index (χ1v) is 9.80. The molecule has 30 heavy (non-hydrogen) atoms. The maximum atomic E-state index is 9.48. The third-order valence-corrected chi connectivity index (χ3v) is 5.22. The van der Waals surface area contributed by atoms with Gasteiger partial charge in [0.15, 0.2) is 17.0 Å². The van der Waals surface area contributed by atoms with Gasteiger partial charge in [-0.15, -0.1) is 0 Å². The number of anilines is 2. The lowest BCUT2D eigenvalue weighted by atomic mass is 10.2. The quantitative estimate of drug-likeness (QED) is 0.510. The van der Waals surface area contributed by atoms with Crippen LogP contribution in [-0.2, 0) is 11.3 Å². The van der Waals surface area contributed by atoms with Crippen LogP contribution in [0, 0.1) is 0 Å². The van der Waals surface area contributed by atoms with Crippen LogP contribution in [-0.4, -0.2) is 58.6 Å². The van der Waals surface area contributed by atoms with Gasteiger partial charge in [-0.05, 0) is 31.0 Å². The van der Waals surface area contributed by atoms with Gasteiger partial charge in [0.25, 0.3) is 0 Å². The van der Waals surface area contributed by atoms with Gasteiger partial charge >= 0.3 is 0 Å². The summed E-state index contributed by atoms with van der Waals surface area (Å²) in [7, 11) is 5.06. The van der Waals surface area contributed by atoms with Crippen molar-refractivity contribution in [3.8, 4) is 11.5 Å². The number of nitrogens with zero attached hydrogens (tertiary/aromatic N) is 4. The molecule has 1 fully saturated rings. The highest BCUT2D eigenvalue weighted by atomic mass is 16.5. The van der Waals surface area contributed by atoms with Crippen molar-refractivity contribution in [3.63, 3.8) is 0 Å². The Labute approximate surface area is 174 Å². The fraction of sp³-hybridized carbons (Fsp3) is 0.450. The zero-order valence-corrected chi connectivity index (χ0v) is 17.3. The number of hydrogen-bond donors (Lipinski definition) is 3. The van der Waals surface area contributed by atoms with Crippen molar-refractivity contribution in [2.75, 3.05) is 38.5 Å². The summed E-state index contributed by atoms with van der Waals surface area (Å²) in [5.41, 5.74) is 2.24. The fourth-order valence-electron chi connectivity index (χ4n) is 3.69. The number of hydrogen-bond acceptors (Lipinski definition) is 9. The molecule has 1 aliphatic rings. The lowest BCUT2D eigenvalue weighted by molar-refractivity contribution is -0.0197. The molecule has 10 heteroatoms. The minimum Gasteiger partial charge on any atom is -0.497 e. The summed E-state index contributed by atoms with van der Waals surface area (Å²) in [6.45, 7) is 0.450. The Kier molecular flexibility index (Phi) is 5.86. The van der Waals surface area contributed by atoms with Crippen LogP contribution < -0.4 is 20.1 Å². The molecule has 0 radical (unpaired) electrons. The molecule has 0 amide bonds. The topological polar surface area (TPSA) is 116 Å². The molecule has 2 atom stereocenters. The van der Waals surface area contributed by atoms with E-state index >= 15 is 0 Å². The van der Waals surface area contributed by atoms with Gasteiger partial charge in [-0.25, -0.2) is 15.0 Å². The SMILES string of the molecule is CNc1ncnc2c1nc(NCc1cc(OC)ccc1OC)n2C1CCC(CO)O1. The van der Waals surface area contributed by atoms with Gasteiger partial charge in [-0.1, -0.05) is 0 Å². The molecule has 1 aromatic carbocycles. The van der Waals surface area contributed by atoms with Gasteiger partial charge in [0.2, 0.25) is 5.95 Å². The zero-order chi connectivity index (χ0) is 21.1. The second kappa shape index (κ2) is 8.72. The highest BCUT2D eigenvalue weighted by Gasteiger charge is 2.30. The highest BCUT2D eigenvalue weighted by molar-refractivity contribution is 5.85. The molecule has 0 bridgehead atoms. The summed E-state index contributed by atoms with van der Waals surface area (Å²) in [4.78, 5) is 13.4. The van der Waals surface area contributed by atoms with E-state index in [1.807, 2.05) is 22.8 Å². The smallest absolute Gasteiger partial charge is 0.207 e. The van der Waals surface area contributed by atoms with E-state index in [1.165, 1.54) is 6.33 Å². The number of rotatable bonds is 8. The zero-order valence-electron chi connectivity index (χ0n) is 17.3. The van der Waals surface area contributed by atoms with Gasteiger partial charge in [0.05, 0.1) is 26.9 Å². The molecule has 0 aliphatic carbocycles. The molecular weight excluding hydrogens is 388 g/mol. The predicted octanol–water partition coefficient (Wildman–Crippen LogP) is 2.17. The van der Waals surface area contributed by atoms with Crippen molar-refractivity contribution in [2.45, 2.75) is 31.7 Å². The van der Waals surface area contributed by atoms with E-state index in [0.29, 0.717) is 29.5 Å². The van der Waals surface area contributed by atoms with Gasteiger partial charge in [-0.3, -0.25) is 4.57 Å². The van der Waals surface area contributed by atoms with E-state index in [0.717, 1.165) is 29.9 Å². The van der Waals surface area contributed by atoms with Crippen molar-refractivity contribution in [1.29, 1.82) is 0 Å². The second-order valence-corrected chi connectivity index (χ2v) is 6.95. The Bertz CT molecular complexity index is 1020. The minimum atomic E-state index is -0.276. The lowest BCUT2D eigenvalue weighted by Gasteiger charge is -2.18. The third-order valence-electron chi connectivity index (χ3n) is 5.22. The molecule has 1 saturated heterocycles. The van der Waals surface area contributed by atoms with E-state index in [2.05, 4.69) is 20.6 Å². The summed E-state index contributed by atoms with van der Waals surface area (Å²) in [6.07, 6.45) is 2.56. The largest absolute Gasteiger partial charge is 0.497 e. The van der Waals surface area contributed by atoms with Crippen molar-refractivity contribution < 1.29 is 19.3 Å². The number of methoxy groups -OCH3 is 2. The van der Waals surface area contributed by atoms with E-state index in [-0.39, 0.29) is 18.9 Å². The first-order chi connectivity index (χ1) is 14.7. The first-order valence-electron chi connectivity index (χ1n) is 9.80. The molecule has 3 heterocycles. The summed E-state index contributed by atoms with van der Waals surface area (Å²) in [6, 6.07) is 5.65. The summed E-state index contributed by atoms with van der Waals surface area (Å²) in [5, 5.41) is 15.9. The van der Waals surface area contributed by atoms with Crippen molar-refractivity contribution in [1.82, 2.24) is 19.5 Å². The third kappa shape index (κ3) is 3.71. The van der Waals surface area contributed by atoms with E-state index in [4.69, 9.17) is 19.2 Å². The van der Waals surface area contributed by atoms with E-state index in [9.17, 15) is 5.11 Å². The highest BCUT2D eigenvalue weighted by Crippen LogP contribution is 2.35. The Hall–Kier alpha value is -3.11. The molecule has 3 aromatic rings. The Morgan fingerprint density at radius 3 is 2.80 bits per heavy atom. The van der Waals surface area contributed by atoms with Crippen LogP contribution in [0.4, 0.5) is 11.8 Å². The average Bonchev–Trinajstić information content (AvgIpc) is 3.41. The summed E-state index contributed by atoms with van der Waals surface area (Å²) < 4.78 is 18.8. The van der Waals surface area contributed by atoms with Crippen LogP contribution in [0.1, 0.15) is 24.6 Å². The fourth-order valence-corrected chi connectivity index (χ4v) is 3.69. The number of benzene rings is 1. The number of aliphatic hydroxyl groups excluding tert-OH is 1. The van der Waals surface area contributed by atoms with Gasteiger partial charge in [0, 0.05) is 19.2 Å². The molecule has 2 unspecified atom stereocenters. The normalized spacial score (nSPS) is 18.5. The van der Waals surface area contributed by atoms with Gasteiger partial charge in [-0.2, -0.15) is 0 Å². The van der Waals surface area contributed by atoms with Crippen LogP contribution in [0.5, 0.6) is 11.5 Å². The average molecular weight is 414 g/mol. The Morgan fingerprint density at radius 1 is 1.23 bits per heavy atom. The monoisotopic (exact) mass is 414 g/mol. The molecule has 3 N–H and O–H groups in total. The molecule has 0 spiro atoms. The Morgan fingerprint density at radius 2 is 2.10 bits per heavy atom. The van der Waals surface area contributed by atoms with Gasteiger partial charge < -0.3 is 30.0 Å². The molecule has 160 valence electrons. The van der Waals surface area contributed by atoms with Crippen LogP contribution in [0.3, 0.4) is 0 Å². The van der Waals surface area contributed by atoms with Crippen molar-refractivity contribution >= 4 is 22.9 Å². The Balaban J connectivity index is 1.71. The number of fused-ring (bicyclic) bond motifs is 1. The predicted molar refractivity (Wildman–Crippen MR) is 112 cm³/mol. The molecule has 1 aliphatic heterocycles. The summed E-state index contributed by atoms with van der Waals surface area (Å²) in [5.74, 6) is 2.74. The standard InChI is InChI=1S/C20H26N6O4/c1-21-18-17-19(24-11-23-18)26(16-7-5-14(10-27)30-16)20(25-17)22-9-12-8-13(28-2)4-6-15(12)29-3/h4,6,8,11,14,16,27H,5,7,9-10H2,1-3H3,(H,22,25)(H,21,23,24). The first kappa shape index (κ1) is 20.2. The van der Waals surface area contributed by atoms with E-state index in [1.54, 1.807) is 21.3 Å². The number of imidazole rings is 1. The number of nitrogens with one attached hydrogen (secondary N) is 2. The molecule has 10 nitrogen and oxygen atoms in total. The van der Waals surface area contributed by atoms with Crippen LogP contribution in [0.15, 0.2) is 24.5 Å². The summed E-state index contributed by atoms with van der Waals surface area (Å²) >= 11 is 0. The van der Waals surface area contributed by atoms with Crippen molar-refractivity contribution in [3.05, 3.63) is 30.1 Å². The van der Waals surface area contributed by atoms with Crippen LogP contribution >= 0.6 is 0 Å². The molecule has 0 saturated carbocycles. The number of aromatic nitrogens is 4. The maximum Gasteiger partial charge on any atom is 0.207 e. The molecule has 2 aromatic heterocycles. The molecular formula is C20H26N6O4. The maximum absolute atomic E-state index is 9.48. The van der Waals surface area contributed by atoms with Crippen LogP contribution in [0.25, 0.3) is 11.2 Å². The van der Waals surface area contributed by atoms with E-state index < -0.39 is 0 Å².